The molecule has 0 amide bonds. The fourth-order valence-corrected chi connectivity index (χ4v) is 5.28. The number of piperidine rings is 1. The Bertz CT molecular complexity index is 563. The van der Waals surface area contributed by atoms with E-state index in [1.165, 1.54) is 81.0 Å². The first kappa shape index (κ1) is 21.1. The van der Waals surface area contributed by atoms with Gasteiger partial charge >= 0.3 is 0 Å². The number of hydrogen-bond acceptors (Lipinski definition) is 3. The molecule has 0 bridgehead atoms. The Morgan fingerprint density at radius 3 is 2.48 bits per heavy atom. The van der Waals surface area contributed by atoms with Crippen LogP contribution in [0.4, 0.5) is 0 Å². The van der Waals surface area contributed by atoms with Crippen molar-refractivity contribution < 1.29 is 4.74 Å². The van der Waals surface area contributed by atoms with E-state index in [9.17, 15) is 0 Å². The molecule has 0 radical (unpaired) electrons. The first-order chi connectivity index (χ1) is 13.2. The minimum absolute atomic E-state index is 0.790. The molecular weight excluding hydrogens is 400 g/mol. The van der Waals surface area contributed by atoms with Crippen LogP contribution in [0.1, 0.15) is 57.4 Å². The van der Waals surface area contributed by atoms with Crippen LogP contribution in [-0.2, 0) is 6.42 Å². The smallest absolute Gasteiger partial charge is 0.119 e. The molecule has 1 aliphatic carbocycles. The van der Waals surface area contributed by atoms with Crippen LogP contribution in [0, 0.1) is 11.8 Å². The van der Waals surface area contributed by atoms with Crippen LogP contribution in [0.2, 0.25) is 0 Å². The predicted octanol–water partition coefficient (Wildman–Crippen LogP) is 5.27. The lowest BCUT2D eigenvalue weighted by molar-refractivity contribution is 0.163. The number of ether oxygens (including phenoxy) is 1. The predicted molar refractivity (Wildman–Crippen MR) is 118 cm³/mol. The number of nitrogens with one attached hydrogen (secondary N) is 1. The highest BCUT2D eigenvalue weighted by Gasteiger charge is 2.23. The van der Waals surface area contributed by atoms with Crippen LogP contribution < -0.4 is 10.1 Å². The summed E-state index contributed by atoms with van der Waals surface area (Å²) in [6, 6.07) is 7.13. The van der Waals surface area contributed by atoms with Gasteiger partial charge in [-0.25, -0.2) is 0 Å². The van der Waals surface area contributed by atoms with Crippen molar-refractivity contribution in [3.05, 3.63) is 28.2 Å². The molecule has 1 N–H and O–H groups in total. The van der Waals surface area contributed by atoms with Crippen molar-refractivity contribution in [1.82, 2.24) is 10.2 Å². The fourth-order valence-electron chi connectivity index (χ4n) is 4.87. The molecule has 2 fully saturated rings. The first-order valence-electron chi connectivity index (χ1n) is 11.0. The van der Waals surface area contributed by atoms with E-state index in [2.05, 4.69) is 45.2 Å². The number of likely N-dealkylation sites (tertiary alicyclic amines) is 1. The van der Waals surface area contributed by atoms with Gasteiger partial charge < -0.3 is 15.0 Å². The Hall–Kier alpha value is -0.580. The molecule has 2 aliphatic rings. The number of methoxy groups -OCH3 is 1. The van der Waals surface area contributed by atoms with Gasteiger partial charge in [0.25, 0.3) is 0 Å². The molecule has 27 heavy (non-hydrogen) atoms. The third-order valence-electron chi connectivity index (χ3n) is 6.66. The Morgan fingerprint density at radius 1 is 1.07 bits per heavy atom. The third-order valence-corrected chi connectivity index (χ3v) is 7.44. The van der Waals surface area contributed by atoms with E-state index in [4.69, 9.17) is 4.74 Å². The molecule has 1 aliphatic heterocycles. The zero-order chi connectivity index (χ0) is 19.1. The van der Waals surface area contributed by atoms with Gasteiger partial charge in [-0.15, -0.1) is 0 Å². The Kier molecular flexibility index (Phi) is 8.47. The van der Waals surface area contributed by atoms with Gasteiger partial charge in [0.2, 0.25) is 0 Å². The summed E-state index contributed by atoms with van der Waals surface area (Å²) in [7, 11) is 1.75. The maximum absolute atomic E-state index is 5.39. The highest BCUT2D eigenvalue weighted by Crippen LogP contribution is 2.30. The van der Waals surface area contributed by atoms with E-state index in [0.717, 1.165) is 30.2 Å². The van der Waals surface area contributed by atoms with Crippen molar-refractivity contribution in [2.24, 2.45) is 11.8 Å². The van der Waals surface area contributed by atoms with Crippen molar-refractivity contribution in [2.45, 2.75) is 64.3 Å². The Labute approximate surface area is 174 Å². The molecule has 0 aromatic heterocycles. The van der Waals surface area contributed by atoms with Gasteiger partial charge in [0.15, 0.2) is 0 Å². The summed E-state index contributed by atoms with van der Waals surface area (Å²) in [5.41, 5.74) is 1.39. The van der Waals surface area contributed by atoms with E-state index >= 15 is 0 Å². The van der Waals surface area contributed by atoms with Gasteiger partial charge in [0.05, 0.1) is 7.11 Å². The highest BCUT2D eigenvalue weighted by molar-refractivity contribution is 9.10. The lowest BCUT2D eigenvalue weighted by Crippen LogP contribution is -2.37. The third kappa shape index (κ3) is 6.47. The van der Waals surface area contributed by atoms with Crippen LogP contribution in [-0.4, -0.2) is 44.2 Å². The molecule has 152 valence electrons. The van der Waals surface area contributed by atoms with Crippen molar-refractivity contribution >= 4 is 15.9 Å². The zero-order valence-corrected chi connectivity index (χ0v) is 18.8. The summed E-state index contributed by atoms with van der Waals surface area (Å²) in [6.07, 6.45) is 10.9. The number of benzene rings is 1. The molecule has 3 rings (SSSR count). The summed E-state index contributed by atoms with van der Waals surface area (Å²) >= 11 is 3.71. The Morgan fingerprint density at radius 2 is 1.81 bits per heavy atom. The van der Waals surface area contributed by atoms with Gasteiger partial charge in [-0.3, -0.25) is 0 Å². The van der Waals surface area contributed by atoms with Crippen LogP contribution in [0.5, 0.6) is 5.75 Å². The summed E-state index contributed by atoms with van der Waals surface area (Å²) in [6.45, 7) is 7.21. The van der Waals surface area contributed by atoms with Crippen LogP contribution in [0.25, 0.3) is 0 Å². The van der Waals surface area contributed by atoms with Crippen LogP contribution in [0.3, 0.4) is 0 Å². The molecule has 1 saturated heterocycles. The molecule has 1 saturated carbocycles. The fraction of sp³-hybridized carbons (Fsp3) is 0.739. The summed E-state index contributed by atoms with van der Waals surface area (Å²) in [5.74, 6) is 2.74. The van der Waals surface area contributed by atoms with Gasteiger partial charge in [-0.05, 0) is 113 Å². The maximum Gasteiger partial charge on any atom is 0.119 e. The lowest BCUT2D eigenvalue weighted by Gasteiger charge is -2.34. The molecular formula is C23H37BrN2O. The standard InChI is InChI=1S/C23H37BrN2O/c1-3-25-21-6-4-18(5-7-21)10-13-26-14-11-19(12-15-26)16-20-17-22(27-2)8-9-23(20)24/h8-9,17-19,21,25H,3-7,10-16H2,1-2H3. The minimum atomic E-state index is 0.790. The van der Waals surface area contributed by atoms with E-state index in [-0.39, 0.29) is 0 Å². The number of hydrogen-bond donors (Lipinski definition) is 1. The SMILES string of the molecule is CCNC1CCC(CCN2CCC(Cc3cc(OC)ccc3Br)CC2)CC1. The van der Waals surface area contributed by atoms with Gasteiger partial charge in [-0.1, -0.05) is 22.9 Å². The second-order valence-corrected chi connectivity index (χ2v) is 9.36. The molecule has 0 unspecified atom stereocenters. The van der Waals surface area contributed by atoms with Crippen molar-refractivity contribution in [1.29, 1.82) is 0 Å². The second kappa shape index (κ2) is 10.8. The molecule has 3 nitrogen and oxygen atoms in total. The van der Waals surface area contributed by atoms with Crippen LogP contribution >= 0.6 is 15.9 Å². The second-order valence-electron chi connectivity index (χ2n) is 8.51. The quantitative estimate of drug-likeness (QED) is 0.600. The number of nitrogens with zero attached hydrogens (tertiary/aromatic N) is 1. The average molecular weight is 437 g/mol. The average Bonchev–Trinajstić information content (AvgIpc) is 2.70. The Balaban J connectivity index is 1.36. The summed E-state index contributed by atoms with van der Waals surface area (Å²) in [4.78, 5) is 2.72. The van der Waals surface area contributed by atoms with Crippen molar-refractivity contribution in [2.75, 3.05) is 33.3 Å². The molecule has 0 atom stereocenters. The number of halogens is 1. The van der Waals surface area contributed by atoms with Crippen LogP contribution in [0.15, 0.2) is 22.7 Å². The minimum Gasteiger partial charge on any atom is -0.497 e. The first-order valence-corrected chi connectivity index (χ1v) is 11.7. The van der Waals surface area contributed by atoms with E-state index in [1.54, 1.807) is 7.11 Å². The monoisotopic (exact) mass is 436 g/mol. The maximum atomic E-state index is 5.39. The lowest BCUT2D eigenvalue weighted by atomic mass is 9.83. The van der Waals surface area contributed by atoms with Crippen molar-refractivity contribution in [3.63, 3.8) is 0 Å². The number of rotatable bonds is 8. The van der Waals surface area contributed by atoms with E-state index < -0.39 is 0 Å². The van der Waals surface area contributed by atoms with E-state index in [1.807, 2.05) is 6.07 Å². The van der Waals surface area contributed by atoms with Gasteiger partial charge in [0.1, 0.15) is 5.75 Å². The highest BCUT2D eigenvalue weighted by atomic mass is 79.9. The van der Waals surface area contributed by atoms with E-state index in [0.29, 0.717) is 0 Å². The summed E-state index contributed by atoms with van der Waals surface area (Å²) < 4.78 is 6.61. The molecule has 0 spiro atoms. The molecule has 1 aromatic rings. The van der Waals surface area contributed by atoms with Crippen molar-refractivity contribution in [3.8, 4) is 5.75 Å². The summed E-state index contributed by atoms with van der Waals surface area (Å²) in [5, 5.41) is 3.62. The molecule has 4 heteroatoms. The largest absolute Gasteiger partial charge is 0.497 e. The van der Waals surface area contributed by atoms with Gasteiger partial charge in [-0.2, -0.15) is 0 Å². The van der Waals surface area contributed by atoms with Gasteiger partial charge in [0, 0.05) is 10.5 Å². The normalized spacial score (nSPS) is 24.9. The molecule has 1 heterocycles. The zero-order valence-electron chi connectivity index (χ0n) is 17.2. The molecule has 1 aromatic carbocycles. The topological polar surface area (TPSA) is 24.5 Å².